The van der Waals surface area contributed by atoms with Crippen LogP contribution in [0.25, 0.3) is 0 Å². The van der Waals surface area contributed by atoms with Crippen molar-refractivity contribution in [2.24, 2.45) is 5.73 Å². The second-order valence-corrected chi connectivity index (χ2v) is 6.41. The number of ether oxygens (including phenoxy) is 1. The lowest BCUT2D eigenvalue weighted by Gasteiger charge is -2.28. The SMILES string of the molecule is CC(C)(C)OC(=O)NCC(C)(CN)c1ccsc1. The maximum absolute atomic E-state index is 11.6. The lowest BCUT2D eigenvalue weighted by Crippen LogP contribution is -2.45. The number of nitrogens with one attached hydrogen (secondary N) is 1. The molecule has 1 heterocycles. The zero-order chi connectivity index (χ0) is 13.8. The summed E-state index contributed by atoms with van der Waals surface area (Å²) in [5.41, 5.74) is 6.24. The van der Waals surface area contributed by atoms with Gasteiger partial charge in [0.1, 0.15) is 5.60 Å². The number of carbonyl (C=O) groups is 1. The van der Waals surface area contributed by atoms with Gasteiger partial charge in [0.25, 0.3) is 0 Å². The Morgan fingerprint density at radius 1 is 1.44 bits per heavy atom. The monoisotopic (exact) mass is 270 g/mol. The number of nitrogens with two attached hydrogens (primary N) is 1. The van der Waals surface area contributed by atoms with Crippen LogP contribution in [0.1, 0.15) is 33.3 Å². The van der Waals surface area contributed by atoms with E-state index >= 15 is 0 Å². The molecule has 0 saturated heterocycles. The van der Waals surface area contributed by atoms with Gasteiger partial charge in [-0.25, -0.2) is 4.79 Å². The van der Waals surface area contributed by atoms with Gasteiger partial charge >= 0.3 is 6.09 Å². The Hall–Kier alpha value is -1.07. The van der Waals surface area contributed by atoms with Gasteiger partial charge in [0.2, 0.25) is 0 Å². The van der Waals surface area contributed by atoms with Crippen molar-refractivity contribution in [3.8, 4) is 0 Å². The van der Waals surface area contributed by atoms with E-state index in [-0.39, 0.29) is 5.41 Å². The molecule has 0 spiro atoms. The highest BCUT2D eigenvalue weighted by Crippen LogP contribution is 2.24. The van der Waals surface area contributed by atoms with E-state index in [0.717, 1.165) is 5.56 Å². The molecule has 0 bridgehead atoms. The predicted molar refractivity (Wildman–Crippen MR) is 75.0 cm³/mol. The van der Waals surface area contributed by atoms with Crippen LogP contribution in [0.15, 0.2) is 16.8 Å². The van der Waals surface area contributed by atoms with Gasteiger partial charge in [-0.2, -0.15) is 11.3 Å². The minimum absolute atomic E-state index is 0.253. The van der Waals surface area contributed by atoms with Gasteiger partial charge < -0.3 is 15.8 Å². The molecule has 18 heavy (non-hydrogen) atoms. The van der Waals surface area contributed by atoms with Crippen molar-refractivity contribution in [1.29, 1.82) is 0 Å². The molecule has 0 fully saturated rings. The highest BCUT2D eigenvalue weighted by Gasteiger charge is 2.27. The minimum atomic E-state index is -0.481. The van der Waals surface area contributed by atoms with E-state index in [4.69, 9.17) is 10.5 Å². The lowest BCUT2D eigenvalue weighted by molar-refractivity contribution is 0.0516. The quantitative estimate of drug-likeness (QED) is 0.883. The molecular formula is C13H22N2O2S. The molecule has 0 aliphatic heterocycles. The molecule has 0 saturated carbocycles. The third-order valence-corrected chi connectivity index (χ3v) is 3.37. The van der Waals surface area contributed by atoms with Crippen LogP contribution in [-0.2, 0) is 10.2 Å². The highest BCUT2D eigenvalue weighted by molar-refractivity contribution is 7.08. The minimum Gasteiger partial charge on any atom is -0.444 e. The first-order valence-corrected chi connectivity index (χ1v) is 6.91. The third-order valence-electron chi connectivity index (χ3n) is 2.69. The van der Waals surface area contributed by atoms with Crippen LogP contribution in [0.5, 0.6) is 0 Å². The number of alkyl carbamates (subject to hydrolysis) is 1. The molecule has 4 nitrogen and oxygen atoms in total. The summed E-state index contributed by atoms with van der Waals surface area (Å²) in [5, 5.41) is 6.85. The molecule has 0 aliphatic carbocycles. The fraction of sp³-hybridized carbons (Fsp3) is 0.615. The molecule has 5 heteroatoms. The van der Waals surface area contributed by atoms with Crippen molar-refractivity contribution in [3.63, 3.8) is 0 Å². The van der Waals surface area contributed by atoms with Crippen LogP contribution in [0.2, 0.25) is 0 Å². The van der Waals surface area contributed by atoms with E-state index in [0.29, 0.717) is 13.1 Å². The summed E-state index contributed by atoms with van der Waals surface area (Å²) >= 11 is 1.63. The van der Waals surface area contributed by atoms with Gasteiger partial charge in [0, 0.05) is 18.5 Å². The van der Waals surface area contributed by atoms with Crippen molar-refractivity contribution in [1.82, 2.24) is 5.32 Å². The van der Waals surface area contributed by atoms with Crippen LogP contribution in [0.3, 0.4) is 0 Å². The number of carbonyl (C=O) groups excluding carboxylic acids is 1. The molecule has 0 aromatic carbocycles. The smallest absolute Gasteiger partial charge is 0.407 e. The average Bonchev–Trinajstić information content (AvgIpc) is 2.77. The van der Waals surface area contributed by atoms with Crippen LogP contribution >= 0.6 is 11.3 Å². The molecule has 102 valence electrons. The van der Waals surface area contributed by atoms with Gasteiger partial charge in [0.05, 0.1) is 0 Å². The summed E-state index contributed by atoms with van der Waals surface area (Å²) in [7, 11) is 0. The number of hydrogen-bond acceptors (Lipinski definition) is 4. The molecule has 1 atom stereocenters. The van der Waals surface area contributed by atoms with Gasteiger partial charge in [-0.05, 0) is 43.2 Å². The molecular weight excluding hydrogens is 248 g/mol. The van der Waals surface area contributed by atoms with Crippen LogP contribution in [0.4, 0.5) is 4.79 Å². The van der Waals surface area contributed by atoms with E-state index in [1.807, 2.05) is 39.1 Å². The van der Waals surface area contributed by atoms with Crippen LogP contribution < -0.4 is 11.1 Å². The lowest BCUT2D eigenvalue weighted by atomic mass is 9.84. The molecule has 1 amide bonds. The Balaban J connectivity index is 2.58. The Kier molecular flexibility index (Phi) is 4.76. The second-order valence-electron chi connectivity index (χ2n) is 5.63. The normalized spacial score (nSPS) is 14.9. The van der Waals surface area contributed by atoms with E-state index in [9.17, 15) is 4.79 Å². The summed E-state index contributed by atoms with van der Waals surface area (Å²) in [6, 6.07) is 2.04. The van der Waals surface area contributed by atoms with E-state index < -0.39 is 11.7 Å². The topological polar surface area (TPSA) is 64.3 Å². The number of thiophene rings is 1. The predicted octanol–water partition coefficient (Wildman–Crippen LogP) is 2.49. The Bertz CT molecular complexity index is 384. The molecule has 3 N–H and O–H groups in total. The van der Waals surface area contributed by atoms with Crippen molar-refractivity contribution in [2.75, 3.05) is 13.1 Å². The van der Waals surface area contributed by atoms with E-state index in [2.05, 4.69) is 10.7 Å². The van der Waals surface area contributed by atoms with Crippen molar-refractivity contribution in [2.45, 2.75) is 38.7 Å². The first-order valence-electron chi connectivity index (χ1n) is 5.96. The Labute approximate surface area is 113 Å². The first kappa shape index (κ1) is 15.0. The Morgan fingerprint density at radius 3 is 2.56 bits per heavy atom. The van der Waals surface area contributed by atoms with Crippen molar-refractivity contribution in [3.05, 3.63) is 22.4 Å². The number of amides is 1. The van der Waals surface area contributed by atoms with Gasteiger partial charge in [0.15, 0.2) is 0 Å². The highest BCUT2D eigenvalue weighted by atomic mass is 32.1. The zero-order valence-electron chi connectivity index (χ0n) is 11.4. The summed E-state index contributed by atoms with van der Waals surface area (Å²) < 4.78 is 5.21. The van der Waals surface area contributed by atoms with Gasteiger partial charge in [-0.1, -0.05) is 6.92 Å². The maximum Gasteiger partial charge on any atom is 0.407 e. The second kappa shape index (κ2) is 5.71. The molecule has 1 aromatic heterocycles. The van der Waals surface area contributed by atoms with Crippen LogP contribution in [0, 0.1) is 0 Å². The van der Waals surface area contributed by atoms with Gasteiger partial charge in [-0.3, -0.25) is 0 Å². The standard InChI is InChI=1S/C13H22N2O2S/c1-12(2,3)17-11(16)15-9-13(4,8-14)10-5-6-18-7-10/h5-7H,8-9,14H2,1-4H3,(H,15,16). The number of hydrogen-bond donors (Lipinski definition) is 2. The largest absolute Gasteiger partial charge is 0.444 e. The van der Waals surface area contributed by atoms with Crippen molar-refractivity contribution >= 4 is 17.4 Å². The van der Waals surface area contributed by atoms with E-state index in [1.54, 1.807) is 11.3 Å². The van der Waals surface area contributed by atoms with Gasteiger partial charge in [-0.15, -0.1) is 0 Å². The fourth-order valence-corrected chi connectivity index (χ4v) is 2.29. The summed E-state index contributed by atoms with van der Waals surface area (Å²) in [5.74, 6) is 0. The summed E-state index contributed by atoms with van der Waals surface area (Å²) in [6.45, 7) is 8.50. The maximum atomic E-state index is 11.6. The molecule has 1 unspecified atom stereocenters. The average molecular weight is 270 g/mol. The third kappa shape index (κ3) is 4.31. The first-order chi connectivity index (χ1) is 8.27. The Morgan fingerprint density at radius 2 is 2.11 bits per heavy atom. The fourth-order valence-electron chi connectivity index (χ4n) is 1.48. The van der Waals surface area contributed by atoms with Crippen LogP contribution in [-0.4, -0.2) is 24.8 Å². The summed E-state index contributed by atoms with van der Waals surface area (Å²) in [6.07, 6.45) is -0.405. The van der Waals surface area contributed by atoms with Crippen molar-refractivity contribution < 1.29 is 9.53 Å². The van der Waals surface area contributed by atoms with E-state index in [1.165, 1.54) is 0 Å². The molecule has 1 rings (SSSR count). The summed E-state index contributed by atoms with van der Waals surface area (Å²) in [4.78, 5) is 11.6. The molecule has 0 radical (unpaired) electrons. The zero-order valence-corrected chi connectivity index (χ0v) is 12.3. The molecule has 1 aromatic rings. The molecule has 0 aliphatic rings. The number of rotatable bonds is 4.